The molecule has 0 fully saturated rings. The normalized spacial score (nSPS) is 10.6. The fourth-order valence-electron chi connectivity index (χ4n) is 3.54. The summed E-state index contributed by atoms with van der Waals surface area (Å²) in [6, 6.07) is 17.1. The van der Waals surface area contributed by atoms with Gasteiger partial charge in [0.2, 0.25) is 5.69 Å². The number of hydrogen-bond donors (Lipinski definition) is 0. The number of aryl methyl sites for hydroxylation is 4. The fourth-order valence-corrected chi connectivity index (χ4v) is 3.54. The van der Waals surface area contributed by atoms with E-state index >= 15 is 0 Å². The summed E-state index contributed by atoms with van der Waals surface area (Å²) in [5, 5.41) is 9.27. The van der Waals surface area contributed by atoms with E-state index in [9.17, 15) is 5.26 Å². The molecule has 0 amide bonds. The Kier molecular flexibility index (Phi) is 4.42. The quantitative estimate of drug-likeness (QED) is 0.612. The van der Waals surface area contributed by atoms with Crippen molar-refractivity contribution in [2.45, 2.75) is 27.7 Å². The standard InChI is InChI=1S/C23H23N2/c1-15-9-10-20(21-13-16(2)19(14-24)12-17(21)3)18(4)23(15)22-8-6-7-11-25(22)5/h6-13H,1-5H3/q+1. The third-order valence-corrected chi connectivity index (χ3v) is 4.97. The molecule has 0 aliphatic carbocycles. The van der Waals surface area contributed by atoms with Gasteiger partial charge in [-0.3, -0.25) is 0 Å². The van der Waals surface area contributed by atoms with Gasteiger partial charge in [-0.1, -0.05) is 12.1 Å². The molecule has 3 aromatic rings. The van der Waals surface area contributed by atoms with Crippen LogP contribution in [0.15, 0.2) is 48.7 Å². The highest BCUT2D eigenvalue weighted by Crippen LogP contribution is 2.35. The summed E-state index contributed by atoms with van der Waals surface area (Å²) < 4.78 is 2.16. The molecule has 2 heteroatoms. The number of pyridine rings is 1. The van der Waals surface area contributed by atoms with Gasteiger partial charge >= 0.3 is 0 Å². The third kappa shape index (κ3) is 2.94. The van der Waals surface area contributed by atoms with Crippen molar-refractivity contribution in [3.8, 4) is 28.5 Å². The van der Waals surface area contributed by atoms with Crippen LogP contribution in [0.5, 0.6) is 0 Å². The molecule has 2 aromatic carbocycles. The van der Waals surface area contributed by atoms with Gasteiger partial charge in [-0.2, -0.15) is 5.26 Å². The average Bonchev–Trinajstić information content (AvgIpc) is 2.59. The van der Waals surface area contributed by atoms with Gasteiger partial charge in [-0.05, 0) is 79.3 Å². The van der Waals surface area contributed by atoms with Crippen molar-refractivity contribution in [2.75, 3.05) is 0 Å². The van der Waals surface area contributed by atoms with Crippen molar-refractivity contribution in [3.05, 3.63) is 76.5 Å². The lowest BCUT2D eigenvalue weighted by molar-refractivity contribution is -0.660. The molecule has 3 rings (SSSR count). The van der Waals surface area contributed by atoms with E-state index in [0.29, 0.717) is 0 Å². The van der Waals surface area contributed by atoms with Gasteiger partial charge in [0.25, 0.3) is 0 Å². The van der Waals surface area contributed by atoms with Gasteiger partial charge in [0, 0.05) is 12.1 Å². The minimum atomic E-state index is 0.751. The Morgan fingerprint density at radius 3 is 2.28 bits per heavy atom. The molecule has 25 heavy (non-hydrogen) atoms. The second-order valence-corrected chi connectivity index (χ2v) is 6.72. The van der Waals surface area contributed by atoms with E-state index in [1.54, 1.807) is 0 Å². The lowest BCUT2D eigenvalue weighted by Crippen LogP contribution is -2.30. The monoisotopic (exact) mass is 327 g/mol. The highest BCUT2D eigenvalue weighted by molar-refractivity contribution is 5.80. The van der Waals surface area contributed by atoms with E-state index in [1.165, 1.54) is 33.5 Å². The molecule has 0 saturated heterocycles. The first kappa shape index (κ1) is 16.9. The smallest absolute Gasteiger partial charge is 0.201 e. The van der Waals surface area contributed by atoms with E-state index in [4.69, 9.17) is 0 Å². The summed E-state index contributed by atoms with van der Waals surface area (Å²) in [4.78, 5) is 0. The predicted molar refractivity (Wildman–Crippen MR) is 102 cm³/mol. The number of nitrogens with zero attached hydrogens (tertiary/aromatic N) is 2. The summed E-state index contributed by atoms with van der Waals surface area (Å²) in [6.07, 6.45) is 2.08. The van der Waals surface area contributed by atoms with Crippen molar-refractivity contribution in [1.82, 2.24) is 0 Å². The van der Waals surface area contributed by atoms with Crippen LogP contribution in [0.2, 0.25) is 0 Å². The molecule has 0 atom stereocenters. The molecule has 0 N–H and O–H groups in total. The fraction of sp³-hybridized carbons (Fsp3) is 0.217. The molecule has 0 saturated carbocycles. The average molecular weight is 327 g/mol. The number of benzene rings is 2. The maximum absolute atomic E-state index is 9.27. The van der Waals surface area contributed by atoms with E-state index in [1.807, 2.05) is 19.1 Å². The van der Waals surface area contributed by atoms with E-state index in [-0.39, 0.29) is 0 Å². The van der Waals surface area contributed by atoms with E-state index in [0.717, 1.165) is 16.7 Å². The van der Waals surface area contributed by atoms with Crippen molar-refractivity contribution < 1.29 is 4.57 Å². The zero-order chi connectivity index (χ0) is 18.1. The molecule has 1 heterocycles. The third-order valence-electron chi connectivity index (χ3n) is 4.97. The molecule has 0 radical (unpaired) electrons. The lowest BCUT2D eigenvalue weighted by atomic mass is 9.88. The predicted octanol–water partition coefficient (Wildman–Crippen LogP) is 4.95. The summed E-state index contributed by atoms with van der Waals surface area (Å²) in [5.74, 6) is 0. The van der Waals surface area contributed by atoms with Crippen LogP contribution < -0.4 is 4.57 Å². The van der Waals surface area contributed by atoms with Crippen LogP contribution in [-0.2, 0) is 7.05 Å². The van der Waals surface area contributed by atoms with Crippen LogP contribution in [0.3, 0.4) is 0 Å². The maximum Gasteiger partial charge on any atom is 0.212 e. The van der Waals surface area contributed by atoms with Crippen LogP contribution in [0.25, 0.3) is 22.4 Å². The van der Waals surface area contributed by atoms with E-state index < -0.39 is 0 Å². The molecule has 124 valence electrons. The number of nitriles is 1. The molecule has 1 aromatic heterocycles. The zero-order valence-electron chi connectivity index (χ0n) is 15.5. The molecule has 2 nitrogen and oxygen atoms in total. The Bertz CT molecular complexity index is 1010. The van der Waals surface area contributed by atoms with Gasteiger partial charge in [-0.15, -0.1) is 0 Å². The van der Waals surface area contributed by atoms with Gasteiger partial charge in [-0.25, -0.2) is 4.57 Å². The minimum Gasteiger partial charge on any atom is -0.201 e. The lowest BCUT2D eigenvalue weighted by Gasteiger charge is -2.16. The van der Waals surface area contributed by atoms with Gasteiger partial charge in [0.05, 0.1) is 17.2 Å². The molecule has 0 aliphatic heterocycles. The second-order valence-electron chi connectivity index (χ2n) is 6.72. The van der Waals surface area contributed by atoms with Crippen LogP contribution in [0.1, 0.15) is 27.8 Å². The summed E-state index contributed by atoms with van der Waals surface area (Å²) in [7, 11) is 2.08. The van der Waals surface area contributed by atoms with Gasteiger partial charge in [0.15, 0.2) is 6.20 Å². The summed E-state index contributed by atoms with van der Waals surface area (Å²) in [6.45, 7) is 8.44. The number of aromatic nitrogens is 1. The summed E-state index contributed by atoms with van der Waals surface area (Å²) >= 11 is 0. The summed E-state index contributed by atoms with van der Waals surface area (Å²) in [5.41, 5.74) is 10.4. The van der Waals surface area contributed by atoms with E-state index in [2.05, 4.69) is 75.0 Å². The van der Waals surface area contributed by atoms with Gasteiger partial charge < -0.3 is 0 Å². The zero-order valence-corrected chi connectivity index (χ0v) is 15.5. The second kappa shape index (κ2) is 6.53. The van der Waals surface area contributed by atoms with Gasteiger partial charge in [0.1, 0.15) is 7.05 Å². The molecule has 0 bridgehead atoms. The largest absolute Gasteiger partial charge is 0.212 e. The maximum atomic E-state index is 9.27. The number of hydrogen-bond acceptors (Lipinski definition) is 1. The topological polar surface area (TPSA) is 27.7 Å². The molecule has 0 unspecified atom stereocenters. The van der Waals surface area contributed by atoms with Crippen LogP contribution >= 0.6 is 0 Å². The van der Waals surface area contributed by atoms with Crippen LogP contribution in [-0.4, -0.2) is 0 Å². The first-order valence-electron chi connectivity index (χ1n) is 8.51. The highest BCUT2D eigenvalue weighted by Gasteiger charge is 2.18. The molecule has 0 aliphatic rings. The number of rotatable bonds is 2. The Morgan fingerprint density at radius 1 is 0.840 bits per heavy atom. The SMILES string of the molecule is Cc1cc(-c2ccc(C)c(-c3cccc[n+]3C)c2C)c(C)cc1C#N. The Hall–Kier alpha value is -2.92. The Labute approximate surface area is 150 Å². The van der Waals surface area contributed by atoms with Crippen molar-refractivity contribution in [1.29, 1.82) is 5.26 Å². The highest BCUT2D eigenvalue weighted by atomic mass is 14.9. The first-order chi connectivity index (χ1) is 11.9. The van der Waals surface area contributed by atoms with Crippen molar-refractivity contribution in [2.24, 2.45) is 7.05 Å². The van der Waals surface area contributed by atoms with Crippen LogP contribution in [0.4, 0.5) is 0 Å². The first-order valence-corrected chi connectivity index (χ1v) is 8.51. The molecular weight excluding hydrogens is 304 g/mol. The Balaban J connectivity index is 2.28. The Morgan fingerprint density at radius 2 is 1.60 bits per heavy atom. The molecular formula is C23H23N2+. The van der Waals surface area contributed by atoms with Crippen molar-refractivity contribution in [3.63, 3.8) is 0 Å². The van der Waals surface area contributed by atoms with Crippen LogP contribution in [0, 0.1) is 39.0 Å². The van der Waals surface area contributed by atoms with Crippen molar-refractivity contribution >= 4 is 0 Å². The minimum absolute atomic E-state index is 0.751. The molecule has 0 spiro atoms.